The van der Waals surface area contributed by atoms with E-state index in [0.29, 0.717) is 13.1 Å². The zero-order chi connectivity index (χ0) is 17.9. The molecular formula is C22H22N2O2. The lowest BCUT2D eigenvalue weighted by atomic mass is 10.0. The Balaban J connectivity index is 1.76. The third kappa shape index (κ3) is 3.23. The number of rotatable bonds is 3. The molecule has 0 fully saturated rings. The highest BCUT2D eigenvalue weighted by molar-refractivity contribution is 5.70. The van der Waals surface area contributed by atoms with Crippen molar-refractivity contribution in [2.75, 3.05) is 13.1 Å². The summed E-state index contributed by atoms with van der Waals surface area (Å²) in [5.74, 6) is 0. The molecule has 1 aromatic heterocycles. The number of benzene rings is 2. The first kappa shape index (κ1) is 16.5. The molecule has 1 aliphatic heterocycles. The first-order chi connectivity index (χ1) is 12.7. The van der Waals surface area contributed by atoms with Crippen molar-refractivity contribution >= 4 is 6.09 Å². The molecule has 0 radical (unpaired) electrons. The molecule has 1 amide bonds. The van der Waals surface area contributed by atoms with Crippen LogP contribution in [0.2, 0.25) is 0 Å². The lowest BCUT2D eigenvalue weighted by molar-refractivity contribution is 0.147. The molecule has 1 aliphatic rings. The Morgan fingerprint density at radius 2 is 1.58 bits per heavy atom. The molecule has 0 bridgehead atoms. The van der Waals surface area contributed by atoms with Gasteiger partial charge in [-0.3, -0.25) is 0 Å². The number of hydrogen-bond donors (Lipinski definition) is 1. The van der Waals surface area contributed by atoms with Gasteiger partial charge in [-0.1, -0.05) is 60.7 Å². The van der Waals surface area contributed by atoms with E-state index in [2.05, 4.69) is 59.3 Å². The van der Waals surface area contributed by atoms with Crippen LogP contribution in [0.25, 0.3) is 11.1 Å². The molecule has 4 rings (SSSR count). The first-order valence-corrected chi connectivity index (χ1v) is 9.00. The van der Waals surface area contributed by atoms with Gasteiger partial charge in [-0.2, -0.15) is 0 Å². The predicted molar refractivity (Wildman–Crippen MR) is 102 cm³/mol. The van der Waals surface area contributed by atoms with Crippen LogP contribution < -0.4 is 0 Å². The van der Waals surface area contributed by atoms with Crippen molar-refractivity contribution in [2.45, 2.75) is 19.4 Å². The summed E-state index contributed by atoms with van der Waals surface area (Å²) < 4.78 is 2.30. The molecule has 0 unspecified atom stereocenters. The van der Waals surface area contributed by atoms with E-state index in [4.69, 9.17) is 0 Å². The maximum absolute atomic E-state index is 11.4. The Labute approximate surface area is 153 Å². The minimum absolute atomic E-state index is 0.551. The monoisotopic (exact) mass is 346 g/mol. The van der Waals surface area contributed by atoms with E-state index in [-0.39, 0.29) is 0 Å². The van der Waals surface area contributed by atoms with Gasteiger partial charge in [0, 0.05) is 43.5 Å². The number of fused-ring (bicyclic) bond motifs is 1. The molecule has 132 valence electrons. The Morgan fingerprint density at radius 3 is 2.27 bits per heavy atom. The summed E-state index contributed by atoms with van der Waals surface area (Å²) >= 11 is 0. The van der Waals surface area contributed by atoms with Crippen LogP contribution in [-0.4, -0.2) is 33.8 Å². The summed E-state index contributed by atoms with van der Waals surface area (Å²) in [5.41, 5.74) is 6.22. The molecule has 4 heteroatoms. The smallest absolute Gasteiger partial charge is 0.407 e. The van der Waals surface area contributed by atoms with E-state index in [0.717, 1.165) is 19.4 Å². The van der Waals surface area contributed by atoms with E-state index >= 15 is 0 Å². The maximum Gasteiger partial charge on any atom is 0.407 e. The lowest BCUT2D eigenvalue weighted by Gasteiger charge is -2.16. The van der Waals surface area contributed by atoms with Gasteiger partial charge in [0.2, 0.25) is 0 Å². The van der Waals surface area contributed by atoms with Crippen LogP contribution in [0, 0.1) is 0 Å². The number of aromatic nitrogens is 1. The average molecular weight is 346 g/mol. The maximum atomic E-state index is 11.4. The number of carbonyl (C=O) groups is 1. The second kappa shape index (κ2) is 7.08. The molecule has 2 aromatic carbocycles. The van der Waals surface area contributed by atoms with Gasteiger partial charge in [0.05, 0.1) is 0 Å². The van der Waals surface area contributed by atoms with Gasteiger partial charge in [-0.25, -0.2) is 4.79 Å². The van der Waals surface area contributed by atoms with Crippen molar-refractivity contribution in [1.82, 2.24) is 9.47 Å². The summed E-state index contributed by atoms with van der Waals surface area (Å²) in [4.78, 5) is 13.0. The quantitative estimate of drug-likeness (QED) is 0.769. The normalized spacial score (nSPS) is 13.9. The van der Waals surface area contributed by atoms with Crippen molar-refractivity contribution in [1.29, 1.82) is 0 Å². The van der Waals surface area contributed by atoms with Crippen molar-refractivity contribution < 1.29 is 9.90 Å². The predicted octanol–water partition coefficient (Wildman–Crippen LogP) is 4.28. The molecular weight excluding hydrogens is 324 g/mol. The van der Waals surface area contributed by atoms with Gasteiger partial charge in [-0.15, -0.1) is 0 Å². The number of hydrogen-bond acceptors (Lipinski definition) is 1. The molecule has 1 N–H and O–H groups in total. The molecule has 0 atom stereocenters. The van der Waals surface area contributed by atoms with Crippen LogP contribution in [0.5, 0.6) is 0 Å². The summed E-state index contributed by atoms with van der Waals surface area (Å²) in [6.45, 7) is 1.91. The Bertz CT molecular complexity index is 901. The molecule has 2 heterocycles. The molecule has 0 aliphatic carbocycles. The van der Waals surface area contributed by atoms with Gasteiger partial charge in [-0.05, 0) is 23.1 Å². The molecule has 0 saturated heterocycles. The second-order valence-electron chi connectivity index (χ2n) is 6.72. The summed E-state index contributed by atoms with van der Waals surface area (Å²) in [6, 6.07) is 20.8. The van der Waals surface area contributed by atoms with Gasteiger partial charge >= 0.3 is 6.09 Å². The van der Waals surface area contributed by atoms with Crippen molar-refractivity contribution in [2.24, 2.45) is 0 Å². The van der Waals surface area contributed by atoms with Crippen molar-refractivity contribution in [3.8, 4) is 11.1 Å². The number of nitrogens with zero attached hydrogens (tertiary/aromatic N) is 2. The third-order valence-electron chi connectivity index (χ3n) is 5.11. The largest absolute Gasteiger partial charge is 0.465 e. The minimum atomic E-state index is -0.828. The number of amides is 1. The van der Waals surface area contributed by atoms with Crippen LogP contribution in [0.4, 0.5) is 4.79 Å². The van der Waals surface area contributed by atoms with Gasteiger partial charge in [0.25, 0.3) is 0 Å². The summed E-state index contributed by atoms with van der Waals surface area (Å²) in [5, 5.41) is 9.39. The Morgan fingerprint density at radius 1 is 0.923 bits per heavy atom. The minimum Gasteiger partial charge on any atom is -0.465 e. The summed E-state index contributed by atoms with van der Waals surface area (Å²) in [6.07, 6.45) is 2.92. The van der Waals surface area contributed by atoms with Gasteiger partial charge in [0.1, 0.15) is 0 Å². The fourth-order valence-electron chi connectivity index (χ4n) is 3.79. The lowest BCUT2D eigenvalue weighted by Crippen LogP contribution is -2.31. The van der Waals surface area contributed by atoms with E-state index in [1.54, 1.807) is 0 Å². The van der Waals surface area contributed by atoms with Gasteiger partial charge < -0.3 is 14.6 Å². The van der Waals surface area contributed by atoms with Crippen LogP contribution in [0.3, 0.4) is 0 Å². The number of carboxylic acid groups (broad SMARTS) is 1. The molecule has 0 saturated carbocycles. The van der Waals surface area contributed by atoms with Gasteiger partial charge in [0.15, 0.2) is 0 Å². The topological polar surface area (TPSA) is 45.5 Å². The zero-order valence-electron chi connectivity index (χ0n) is 14.6. The van der Waals surface area contributed by atoms with Crippen LogP contribution in [-0.2, 0) is 19.4 Å². The fraction of sp³-hybridized carbons (Fsp3) is 0.227. The van der Waals surface area contributed by atoms with E-state index < -0.39 is 6.09 Å². The van der Waals surface area contributed by atoms with Crippen LogP contribution in [0.1, 0.15) is 16.8 Å². The first-order valence-electron chi connectivity index (χ1n) is 9.00. The third-order valence-corrected chi connectivity index (χ3v) is 5.11. The second-order valence-corrected chi connectivity index (χ2v) is 6.72. The Hall–Kier alpha value is -3.01. The fourth-order valence-corrected chi connectivity index (χ4v) is 3.79. The van der Waals surface area contributed by atoms with E-state index in [1.807, 2.05) is 12.1 Å². The van der Waals surface area contributed by atoms with Crippen molar-refractivity contribution in [3.05, 3.63) is 83.7 Å². The zero-order valence-corrected chi connectivity index (χ0v) is 14.6. The Kier molecular flexibility index (Phi) is 4.48. The van der Waals surface area contributed by atoms with Crippen LogP contribution >= 0.6 is 0 Å². The van der Waals surface area contributed by atoms with E-state index in [1.165, 1.54) is 32.8 Å². The highest BCUT2D eigenvalue weighted by Gasteiger charge is 2.23. The highest BCUT2D eigenvalue weighted by atomic mass is 16.4. The standard InChI is InChI=1S/C22H22N2O2/c25-22(26)23-13-11-19-20(18-9-5-2-6-10-18)16-24(21(19)12-14-23)15-17-7-3-1-4-8-17/h1-10,16H,11-15H2,(H,25,26). The molecule has 4 nitrogen and oxygen atoms in total. The SMILES string of the molecule is O=C(O)N1CCc2c(-c3ccccc3)cn(Cc3ccccc3)c2CC1. The van der Waals surface area contributed by atoms with E-state index in [9.17, 15) is 9.90 Å². The molecule has 3 aromatic rings. The average Bonchev–Trinajstić information content (AvgIpc) is 2.86. The summed E-state index contributed by atoms with van der Waals surface area (Å²) in [7, 11) is 0. The molecule has 26 heavy (non-hydrogen) atoms. The highest BCUT2D eigenvalue weighted by Crippen LogP contribution is 2.31. The van der Waals surface area contributed by atoms with Crippen molar-refractivity contribution in [3.63, 3.8) is 0 Å². The molecule has 0 spiro atoms. The van der Waals surface area contributed by atoms with Crippen LogP contribution in [0.15, 0.2) is 66.9 Å².